The molecule has 1 saturated carbocycles. The molecule has 1 aromatic rings. The number of rotatable bonds is 2. The van der Waals surface area contributed by atoms with E-state index >= 15 is 0 Å². The fourth-order valence-corrected chi connectivity index (χ4v) is 2.40. The summed E-state index contributed by atoms with van der Waals surface area (Å²) in [4.78, 5) is 21.3. The van der Waals surface area contributed by atoms with Crippen LogP contribution in [0.25, 0.3) is 5.57 Å². The molecular weight excluding hydrogens is 269 g/mol. The first-order chi connectivity index (χ1) is 9.15. The lowest BCUT2D eigenvalue weighted by Crippen LogP contribution is -2.36. The Hall–Kier alpha value is -1.49. The molecule has 0 unspecified atom stereocenters. The van der Waals surface area contributed by atoms with Crippen LogP contribution in [0, 0.1) is 11.7 Å². The number of carbonyl (C=O) groups excluding carboxylic acids is 1. The Bertz CT molecular complexity index is 557. The maximum Gasteiger partial charge on any atom is 0.225 e. The van der Waals surface area contributed by atoms with Gasteiger partial charge in [-0.25, -0.2) is 14.4 Å². The van der Waals surface area contributed by atoms with Crippen molar-refractivity contribution in [1.82, 2.24) is 14.9 Å². The van der Waals surface area contributed by atoms with Crippen LogP contribution < -0.4 is 0 Å². The van der Waals surface area contributed by atoms with Crippen molar-refractivity contribution in [3.8, 4) is 0 Å². The van der Waals surface area contributed by atoms with Crippen LogP contribution >= 0.6 is 11.6 Å². The molecule has 0 aromatic carbocycles. The van der Waals surface area contributed by atoms with Gasteiger partial charge in [-0.2, -0.15) is 0 Å². The minimum Gasteiger partial charge on any atom is -0.338 e. The van der Waals surface area contributed by atoms with Crippen molar-refractivity contribution in [2.75, 3.05) is 13.1 Å². The molecule has 6 heteroatoms. The van der Waals surface area contributed by atoms with Gasteiger partial charge in [0.2, 0.25) is 11.2 Å². The first-order valence-electron chi connectivity index (χ1n) is 6.31. The first-order valence-corrected chi connectivity index (χ1v) is 6.69. The van der Waals surface area contributed by atoms with Gasteiger partial charge in [0, 0.05) is 19.0 Å². The third-order valence-corrected chi connectivity index (χ3v) is 3.59. The number of aromatic nitrogens is 2. The van der Waals surface area contributed by atoms with Crippen molar-refractivity contribution in [2.45, 2.75) is 19.3 Å². The van der Waals surface area contributed by atoms with E-state index in [1.165, 1.54) is 0 Å². The van der Waals surface area contributed by atoms with Crippen LogP contribution in [0.1, 0.15) is 25.0 Å². The zero-order valence-electron chi connectivity index (χ0n) is 10.3. The van der Waals surface area contributed by atoms with E-state index in [9.17, 15) is 9.18 Å². The molecule has 0 bridgehead atoms. The average Bonchev–Trinajstić information content (AvgIpc) is 3.25. The first kappa shape index (κ1) is 12.5. The van der Waals surface area contributed by atoms with E-state index in [1.54, 1.807) is 4.90 Å². The second-order valence-corrected chi connectivity index (χ2v) is 5.23. The van der Waals surface area contributed by atoms with Gasteiger partial charge in [0.25, 0.3) is 0 Å². The fourth-order valence-electron chi connectivity index (χ4n) is 2.26. The molecule has 19 heavy (non-hydrogen) atoms. The molecule has 3 rings (SSSR count). The second-order valence-electron chi connectivity index (χ2n) is 4.89. The number of amides is 1. The predicted molar refractivity (Wildman–Crippen MR) is 68.9 cm³/mol. The van der Waals surface area contributed by atoms with Gasteiger partial charge in [0.05, 0.1) is 6.20 Å². The molecule has 1 aromatic heterocycles. The molecule has 1 aliphatic carbocycles. The molecule has 0 N–H and O–H groups in total. The van der Waals surface area contributed by atoms with Gasteiger partial charge < -0.3 is 4.90 Å². The smallest absolute Gasteiger partial charge is 0.225 e. The van der Waals surface area contributed by atoms with Gasteiger partial charge in [-0.15, -0.1) is 0 Å². The third kappa shape index (κ3) is 2.61. The summed E-state index contributed by atoms with van der Waals surface area (Å²) in [5.74, 6) is -0.152. The molecule has 0 radical (unpaired) electrons. The highest BCUT2D eigenvalue weighted by Crippen LogP contribution is 2.33. The van der Waals surface area contributed by atoms with Crippen LogP contribution in [0.4, 0.5) is 4.39 Å². The number of hydrogen-bond donors (Lipinski definition) is 0. The highest BCUT2D eigenvalue weighted by atomic mass is 35.5. The second kappa shape index (κ2) is 4.89. The Morgan fingerprint density at radius 1 is 1.47 bits per heavy atom. The summed E-state index contributed by atoms with van der Waals surface area (Å²) in [5, 5.41) is 0.0166. The Kier molecular flexibility index (Phi) is 3.22. The number of nitrogens with zero attached hydrogens (tertiary/aromatic N) is 3. The van der Waals surface area contributed by atoms with Crippen LogP contribution in [0.3, 0.4) is 0 Å². The number of hydrogen-bond acceptors (Lipinski definition) is 3. The lowest BCUT2D eigenvalue weighted by Gasteiger charge is -2.27. The lowest BCUT2D eigenvalue weighted by molar-refractivity contribution is -0.132. The lowest BCUT2D eigenvalue weighted by atomic mass is 10.1. The van der Waals surface area contributed by atoms with Crippen molar-refractivity contribution in [3.05, 3.63) is 29.1 Å². The van der Waals surface area contributed by atoms with E-state index in [0.29, 0.717) is 18.7 Å². The van der Waals surface area contributed by atoms with Crippen molar-refractivity contribution >= 4 is 23.1 Å². The van der Waals surface area contributed by atoms with E-state index in [-0.39, 0.29) is 22.8 Å². The van der Waals surface area contributed by atoms with Crippen LogP contribution in [-0.2, 0) is 4.79 Å². The highest BCUT2D eigenvalue weighted by molar-refractivity contribution is 6.28. The minimum atomic E-state index is -0.503. The van der Waals surface area contributed by atoms with E-state index in [4.69, 9.17) is 11.6 Å². The van der Waals surface area contributed by atoms with E-state index in [0.717, 1.165) is 25.5 Å². The Morgan fingerprint density at radius 2 is 2.26 bits per heavy atom. The van der Waals surface area contributed by atoms with Crippen molar-refractivity contribution < 1.29 is 9.18 Å². The molecule has 1 fully saturated rings. The van der Waals surface area contributed by atoms with Crippen molar-refractivity contribution in [3.63, 3.8) is 0 Å². The molecule has 2 heterocycles. The molecule has 0 saturated heterocycles. The molecule has 0 spiro atoms. The average molecular weight is 282 g/mol. The topological polar surface area (TPSA) is 46.1 Å². The van der Waals surface area contributed by atoms with Gasteiger partial charge in [-0.1, -0.05) is 6.08 Å². The number of halogens is 2. The molecule has 1 aliphatic heterocycles. The summed E-state index contributed by atoms with van der Waals surface area (Å²) in [7, 11) is 0. The van der Waals surface area contributed by atoms with Crippen LogP contribution in [-0.4, -0.2) is 33.9 Å². The maximum atomic E-state index is 13.7. The predicted octanol–water partition coefficient (Wildman–Crippen LogP) is 2.29. The largest absolute Gasteiger partial charge is 0.338 e. The molecule has 1 amide bonds. The van der Waals surface area contributed by atoms with Gasteiger partial charge in [-0.05, 0) is 36.4 Å². The van der Waals surface area contributed by atoms with Crippen LogP contribution in [0.15, 0.2) is 12.3 Å². The van der Waals surface area contributed by atoms with Crippen molar-refractivity contribution in [2.24, 2.45) is 5.92 Å². The zero-order chi connectivity index (χ0) is 13.4. The Morgan fingerprint density at radius 3 is 3.00 bits per heavy atom. The quantitative estimate of drug-likeness (QED) is 0.782. The van der Waals surface area contributed by atoms with E-state index < -0.39 is 5.82 Å². The summed E-state index contributed by atoms with van der Waals surface area (Å²) in [6, 6.07) is 0. The zero-order valence-corrected chi connectivity index (χ0v) is 11.0. The highest BCUT2D eigenvalue weighted by Gasteiger charge is 2.34. The van der Waals surface area contributed by atoms with Gasteiger partial charge in [0.1, 0.15) is 5.69 Å². The van der Waals surface area contributed by atoms with Crippen molar-refractivity contribution in [1.29, 1.82) is 0 Å². The maximum absolute atomic E-state index is 13.7. The van der Waals surface area contributed by atoms with Crippen LogP contribution in [0.5, 0.6) is 0 Å². The molecular formula is C13H13ClFN3O. The monoisotopic (exact) mass is 281 g/mol. The summed E-state index contributed by atoms with van der Waals surface area (Å²) < 4.78 is 13.7. The summed E-state index contributed by atoms with van der Waals surface area (Å²) >= 11 is 5.70. The summed E-state index contributed by atoms with van der Waals surface area (Å²) in [5.41, 5.74) is 0.912. The molecule has 4 nitrogen and oxygen atoms in total. The molecule has 2 aliphatic rings. The SMILES string of the molecule is O=C(C1CC1)N1CCC=C(c2nc(Cl)ncc2F)C1. The van der Waals surface area contributed by atoms with E-state index in [1.807, 2.05) is 6.08 Å². The summed E-state index contributed by atoms with van der Waals surface area (Å²) in [6.07, 6.45) is 5.64. The Balaban J connectivity index is 1.82. The normalized spacial score (nSPS) is 19.3. The standard InChI is InChI=1S/C13H13ClFN3O/c14-13-16-6-10(15)11(17-13)9-2-1-5-18(7-9)12(19)8-3-4-8/h2,6,8H,1,3-5,7H2. The number of carbonyl (C=O) groups is 1. The summed E-state index contributed by atoms with van der Waals surface area (Å²) in [6.45, 7) is 1.10. The molecule has 0 atom stereocenters. The van der Waals surface area contributed by atoms with Crippen LogP contribution in [0.2, 0.25) is 5.28 Å². The third-order valence-electron chi connectivity index (χ3n) is 3.41. The fraction of sp³-hybridized carbons (Fsp3) is 0.462. The van der Waals surface area contributed by atoms with Gasteiger partial charge in [0.15, 0.2) is 5.82 Å². The van der Waals surface area contributed by atoms with Gasteiger partial charge >= 0.3 is 0 Å². The Labute approximate surface area is 115 Å². The van der Waals surface area contributed by atoms with Gasteiger partial charge in [-0.3, -0.25) is 4.79 Å². The minimum absolute atomic E-state index is 0.0166. The van der Waals surface area contributed by atoms with E-state index in [2.05, 4.69) is 9.97 Å². The molecule has 100 valence electrons.